The second kappa shape index (κ2) is 6.31. The molecule has 6 N–H and O–H groups in total. The average Bonchev–Trinajstić information content (AvgIpc) is 2.64. The van der Waals surface area contributed by atoms with E-state index < -0.39 is 58.2 Å². The van der Waals surface area contributed by atoms with Crippen LogP contribution in [0.1, 0.15) is 12.0 Å². The lowest BCUT2D eigenvalue weighted by atomic mass is 9.61. The number of benzene rings is 1. The van der Waals surface area contributed by atoms with Gasteiger partial charge in [-0.3, -0.25) is 19.3 Å². The van der Waals surface area contributed by atoms with Crippen molar-refractivity contribution >= 4 is 23.2 Å². The summed E-state index contributed by atoms with van der Waals surface area (Å²) in [5.41, 5.74) is 1.20. The summed E-state index contributed by atoms with van der Waals surface area (Å²) < 4.78 is 5.80. The van der Waals surface area contributed by atoms with Crippen molar-refractivity contribution in [3.05, 3.63) is 40.7 Å². The second-order valence-electron chi connectivity index (χ2n) is 7.82. The molecule has 2 aliphatic carbocycles. The van der Waals surface area contributed by atoms with Gasteiger partial charge >= 0.3 is 0 Å². The Morgan fingerprint density at radius 3 is 2.50 bits per heavy atom. The molecule has 1 aliphatic heterocycles. The highest BCUT2D eigenvalue weighted by Gasteiger charge is 2.64. The van der Waals surface area contributed by atoms with Crippen LogP contribution in [0, 0.1) is 5.92 Å². The summed E-state index contributed by atoms with van der Waals surface area (Å²) in [6.45, 7) is 0. The van der Waals surface area contributed by atoms with E-state index in [-0.39, 0.29) is 29.1 Å². The number of aliphatic hydroxyl groups excluding tert-OH is 2. The molecule has 3 aliphatic rings. The predicted octanol–water partition coefficient (Wildman–Crippen LogP) is -0.447. The number of likely N-dealkylation sites (N-methyl/N-ethyl adjacent to an activating group) is 1. The standard InChI is InChI=1S/C20H20N2O8/c1-22(2)14-7-6-10-12(15(24)11-8(23)4-3-5-9(11)30-10)17(26)20(7,29)18(27)13(16(14)25)19(21)28/h3-5,7,10,14,23-24,27,29H,6H2,1-2H3,(H2,21,28). The minimum absolute atomic E-state index is 0.126. The van der Waals surface area contributed by atoms with E-state index in [1.54, 1.807) is 0 Å². The van der Waals surface area contributed by atoms with E-state index in [1.807, 2.05) is 0 Å². The maximum absolute atomic E-state index is 13.4. The number of carbonyl (C=O) groups excluding carboxylic acids is 3. The van der Waals surface area contributed by atoms with Crippen molar-refractivity contribution in [3.8, 4) is 11.5 Å². The van der Waals surface area contributed by atoms with E-state index >= 15 is 0 Å². The fourth-order valence-electron chi connectivity index (χ4n) is 4.66. The summed E-state index contributed by atoms with van der Waals surface area (Å²) in [4.78, 5) is 39.5. The number of rotatable bonds is 2. The summed E-state index contributed by atoms with van der Waals surface area (Å²) in [6, 6.07) is 3.11. The molecule has 1 fully saturated rings. The Morgan fingerprint density at radius 2 is 1.90 bits per heavy atom. The molecule has 10 heteroatoms. The third-order valence-electron chi connectivity index (χ3n) is 5.98. The second-order valence-corrected chi connectivity index (χ2v) is 7.82. The van der Waals surface area contributed by atoms with E-state index in [0.29, 0.717) is 0 Å². The maximum atomic E-state index is 13.4. The number of carbonyl (C=O) groups is 3. The highest BCUT2D eigenvalue weighted by Crippen LogP contribution is 2.51. The first kappa shape index (κ1) is 19.9. The first-order valence-electron chi connectivity index (χ1n) is 9.15. The molecule has 10 nitrogen and oxygen atoms in total. The molecular formula is C20H20N2O8. The van der Waals surface area contributed by atoms with Crippen molar-refractivity contribution in [1.29, 1.82) is 0 Å². The molecule has 4 atom stereocenters. The van der Waals surface area contributed by atoms with Crippen molar-refractivity contribution in [1.82, 2.24) is 4.90 Å². The highest BCUT2D eigenvalue weighted by molar-refractivity contribution is 6.24. The van der Waals surface area contributed by atoms with Gasteiger partial charge in [0.05, 0.1) is 11.6 Å². The molecular weight excluding hydrogens is 396 g/mol. The lowest BCUT2D eigenvalue weighted by Crippen LogP contribution is -2.66. The van der Waals surface area contributed by atoms with Crippen molar-refractivity contribution in [2.75, 3.05) is 14.1 Å². The van der Waals surface area contributed by atoms with E-state index in [1.165, 1.54) is 37.2 Å². The van der Waals surface area contributed by atoms with Gasteiger partial charge in [0, 0.05) is 5.92 Å². The van der Waals surface area contributed by atoms with Crippen LogP contribution < -0.4 is 10.5 Å². The number of phenols is 1. The van der Waals surface area contributed by atoms with Gasteiger partial charge in [-0.25, -0.2) is 0 Å². The molecule has 0 spiro atoms. The number of nitrogens with two attached hydrogens (primary N) is 1. The Balaban J connectivity index is 1.98. The number of ether oxygens (including phenoxy) is 1. The van der Waals surface area contributed by atoms with Gasteiger partial charge in [0.2, 0.25) is 5.78 Å². The average molecular weight is 416 g/mol. The van der Waals surface area contributed by atoms with Gasteiger partial charge in [0.1, 0.15) is 40.3 Å². The van der Waals surface area contributed by atoms with Gasteiger partial charge in [-0.15, -0.1) is 0 Å². The number of Topliss-reactive ketones (excluding diaryl/α,β-unsaturated/α-hetero) is 2. The van der Waals surface area contributed by atoms with Gasteiger partial charge in [-0.2, -0.15) is 0 Å². The summed E-state index contributed by atoms with van der Waals surface area (Å²) in [5, 5.41) is 42.8. The van der Waals surface area contributed by atoms with Gasteiger partial charge in [0.25, 0.3) is 5.91 Å². The third-order valence-corrected chi connectivity index (χ3v) is 5.98. The molecule has 4 unspecified atom stereocenters. The Hall–Kier alpha value is -3.37. The Morgan fingerprint density at radius 1 is 1.23 bits per heavy atom. The fourth-order valence-corrected chi connectivity index (χ4v) is 4.66. The van der Waals surface area contributed by atoms with E-state index in [9.17, 15) is 34.8 Å². The molecule has 1 aromatic rings. The smallest absolute Gasteiger partial charge is 0.255 e. The SMILES string of the molecule is CN(C)C1C(=O)C(C(N)=O)=C(O)C2(O)C(=O)C3=C(O)c4c(O)cccc4OC3CC12. The first-order valence-corrected chi connectivity index (χ1v) is 9.15. The van der Waals surface area contributed by atoms with Crippen LogP contribution in [0.5, 0.6) is 11.5 Å². The number of amides is 1. The van der Waals surface area contributed by atoms with Crippen LogP contribution in [-0.2, 0) is 14.4 Å². The molecule has 30 heavy (non-hydrogen) atoms. The minimum atomic E-state index is -2.68. The largest absolute Gasteiger partial charge is 0.508 e. The number of primary amides is 1. The molecule has 0 aromatic heterocycles. The summed E-state index contributed by atoms with van der Waals surface area (Å²) in [6.07, 6.45) is -1.18. The molecule has 1 amide bonds. The molecule has 1 heterocycles. The molecule has 1 saturated carbocycles. The van der Waals surface area contributed by atoms with Gasteiger partial charge in [0.15, 0.2) is 11.4 Å². The number of aromatic hydroxyl groups is 1. The highest BCUT2D eigenvalue weighted by atomic mass is 16.5. The molecule has 0 bridgehead atoms. The van der Waals surface area contributed by atoms with E-state index in [2.05, 4.69) is 0 Å². The van der Waals surface area contributed by atoms with Crippen molar-refractivity contribution in [2.24, 2.45) is 11.7 Å². The Bertz CT molecular complexity index is 1070. The Labute approximate surface area is 170 Å². The van der Waals surface area contributed by atoms with Crippen LogP contribution >= 0.6 is 0 Å². The zero-order valence-electron chi connectivity index (χ0n) is 16.1. The van der Waals surface area contributed by atoms with Crippen LogP contribution in [0.15, 0.2) is 35.1 Å². The van der Waals surface area contributed by atoms with Gasteiger partial charge < -0.3 is 30.9 Å². The molecule has 0 radical (unpaired) electrons. The number of hydrogen-bond donors (Lipinski definition) is 5. The van der Waals surface area contributed by atoms with Crippen LogP contribution in [0.2, 0.25) is 0 Å². The summed E-state index contributed by atoms with van der Waals surface area (Å²) in [5.74, 6) is -6.40. The van der Waals surface area contributed by atoms with E-state index in [4.69, 9.17) is 10.5 Å². The summed E-state index contributed by atoms with van der Waals surface area (Å²) in [7, 11) is 3.04. The maximum Gasteiger partial charge on any atom is 0.255 e. The number of fused-ring (bicyclic) bond motifs is 3. The van der Waals surface area contributed by atoms with Crippen LogP contribution in [0.25, 0.3) is 5.76 Å². The number of hydrogen-bond acceptors (Lipinski definition) is 9. The summed E-state index contributed by atoms with van der Waals surface area (Å²) >= 11 is 0. The normalized spacial score (nSPS) is 30.6. The number of phenolic OH excluding ortho intramolecular Hbond substituents is 1. The topological polar surface area (TPSA) is 171 Å². The third kappa shape index (κ3) is 2.34. The van der Waals surface area contributed by atoms with Crippen molar-refractivity contribution in [2.45, 2.75) is 24.2 Å². The number of aliphatic hydroxyl groups is 3. The first-order chi connectivity index (χ1) is 14.0. The number of nitrogens with zero attached hydrogens (tertiary/aromatic N) is 1. The van der Waals surface area contributed by atoms with Crippen LogP contribution in [-0.4, -0.2) is 74.6 Å². The Kier molecular flexibility index (Phi) is 4.19. The number of ketones is 2. The van der Waals surface area contributed by atoms with E-state index in [0.717, 1.165) is 0 Å². The molecule has 158 valence electrons. The zero-order valence-corrected chi connectivity index (χ0v) is 16.1. The zero-order chi connectivity index (χ0) is 22.1. The van der Waals surface area contributed by atoms with Crippen molar-refractivity contribution < 1.29 is 39.5 Å². The monoisotopic (exact) mass is 416 g/mol. The molecule has 0 saturated heterocycles. The van der Waals surface area contributed by atoms with Gasteiger partial charge in [-0.05, 0) is 32.6 Å². The molecule has 4 rings (SSSR count). The lowest BCUT2D eigenvalue weighted by Gasteiger charge is -2.49. The predicted molar refractivity (Wildman–Crippen MR) is 101 cm³/mol. The lowest BCUT2D eigenvalue weighted by molar-refractivity contribution is -0.155. The van der Waals surface area contributed by atoms with Crippen molar-refractivity contribution in [3.63, 3.8) is 0 Å². The van der Waals surface area contributed by atoms with Crippen LogP contribution in [0.4, 0.5) is 0 Å². The fraction of sp³-hybridized carbons (Fsp3) is 0.350. The van der Waals surface area contributed by atoms with Gasteiger partial charge in [-0.1, -0.05) is 6.07 Å². The quantitative estimate of drug-likeness (QED) is 0.401. The minimum Gasteiger partial charge on any atom is -0.508 e. The van der Waals surface area contributed by atoms with Crippen LogP contribution in [0.3, 0.4) is 0 Å². The molecule has 1 aromatic carbocycles.